The van der Waals surface area contributed by atoms with Crippen molar-refractivity contribution in [2.75, 3.05) is 31.8 Å². The number of methoxy groups -OCH3 is 1. The van der Waals surface area contributed by atoms with Crippen LogP contribution in [0.5, 0.6) is 11.5 Å². The van der Waals surface area contributed by atoms with Crippen LogP contribution in [-0.2, 0) is 16.4 Å². The summed E-state index contributed by atoms with van der Waals surface area (Å²) in [7, 11) is -1.31. The number of hydrogen-bond donors (Lipinski definition) is 2. The van der Waals surface area contributed by atoms with Crippen LogP contribution in [0.2, 0.25) is 0 Å². The zero-order chi connectivity index (χ0) is 18.3. The molecular formula is C17H28IN3O4S. The van der Waals surface area contributed by atoms with Crippen LogP contribution >= 0.6 is 24.0 Å². The molecule has 0 radical (unpaired) electrons. The van der Waals surface area contributed by atoms with Crippen molar-refractivity contribution in [3.63, 3.8) is 0 Å². The number of aliphatic imine (C=N–C) groups is 1. The van der Waals surface area contributed by atoms with Crippen molar-refractivity contribution in [3.05, 3.63) is 23.8 Å². The number of halogens is 1. The summed E-state index contributed by atoms with van der Waals surface area (Å²) in [6, 6.07) is 5.63. The monoisotopic (exact) mass is 497 g/mol. The van der Waals surface area contributed by atoms with Crippen molar-refractivity contribution >= 4 is 39.8 Å². The quantitative estimate of drug-likeness (QED) is 0.340. The van der Waals surface area contributed by atoms with Crippen LogP contribution in [0.15, 0.2) is 23.2 Å². The number of rotatable bonds is 7. The molecule has 0 aliphatic carbocycles. The molecule has 0 amide bonds. The molecule has 1 unspecified atom stereocenters. The lowest BCUT2D eigenvalue weighted by Crippen LogP contribution is -2.44. The van der Waals surface area contributed by atoms with Gasteiger partial charge in [0.05, 0.1) is 31.8 Å². The molecule has 0 bridgehead atoms. The van der Waals surface area contributed by atoms with E-state index in [-0.39, 0.29) is 41.5 Å². The van der Waals surface area contributed by atoms with Gasteiger partial charge >= 0.3 is 0 Å². The molecule has 26 heavy (non-hydrogen) atoms. The third-order valence-electron chi connectivity index (χ3n) is 3.87. The number of ether oxygens (including phenoxy) is 2. The summed E-state index contributed by atoms with van der Waals surface area (Å²) in [5, 5.41) is 6.37. The number of nitrogens with one attached hydrogen (secondary N) is 2. The largest absolute Gasteiger partial charge is 0.493 e. The van der Waals surface area contributed by atoms with Crippen molar-refractivity contribution in [1.29, 1.82) is 0 Å². The second-order valence-electron chi connectivity index (χ2n) is 5.86. The van der Waals surface area contributed by atoms with E-state index in [1.54, 1.807) is 7.11 Å². The molecule has 1 fully saturated rings. The van der Waals surface area contributed by atoms with Crippen LogP contribution in [0.4, 0.5) is 0 Å². The van der Waals surface area contributed by atoms with E-state index in [9.17, 15) is 8.42 Å². The van der Waals surface area contributed by atoms with E-state index in [4.69, 9.17) is 9.47 Å². The Labute approximate surface area is 172 Å². The van der Waals surface area contributed by atoms with Crippen molar-refractivity contribution in [1.82, 2.24) is 10.6 Å². The Bertz CT molecular complexity index is 710. The number of nitrogens with zero attached hydrogens (tertiary/aromatic N) is 1. The first kappa shape index (κ1) is 22.8. The minimum absolute atomic E-state index is 0. The Morgan fingerprint density at radius 1 is 1.31 bits per heavy atom. The fraction of sp³-hybridized carbons (Fsp3) is 0.588. The lowest BCUT2D eigenvalue weighted by molar-refractivity contribution is 0.310. The zero-order valence-electron chi connectivity index (χ0n) is 15.4. The zero-order valence-corrected chi connectivity index (χ0v) is 18.6. The van der Waals surface area contributed by atoms with E-state index in [1.165, 1.54) is 0 Å². The molecule has 1 aliphatic heterocycles. The summed E-state index contributed by atoms with van der Waals surface area (Å²) in [4.78, 5) is 4.55. The predicted molar refractivity (Wildman–Crippen MR) is 115 cm³/mol. The van der Waals surface area contributed by atoms with E-state index >= 15 is 0 Å². The van der Waals surface area contributed by atoms with Gasteiger partial charge in [-0.3, -0.25) is 0 Å². The van der Waals surface area contributed by atoms with Gasteiger partial charge in [-0.2, -0.15) is 0 Å². The maximum Gasteiger partial charge on any atom is 0.191 e. The molecular weight excluding hydrogens is 469 g/mol. The van der Waals surface area contributed by atoms with Gasteiger partial charge in [-0.15, -0.1) is 24.0 Å². The lowest BCUT2D eigenvalue weighted by Gasteiger charge is -2.16. The Morgan fingerprint density at radius 3 is 2.65 bits per heavy atom. The molecule has 1 aromatic carbocycles. The second-order valence-corrected chi connectivity index (χ2v) is 8.09. The SMILES string of the molecule is CCNC(=NCc1ccc(OC)c(OCC)c1)NC1CCS(=O)(=O)C1.I. The molecule has 9 heteroatoms. The summed E-state index contributed by atoms with van der Waals surface area (Å²) in [5.74, 6) is 2.40. The smallest absolute Gasteiger partial charge is 0.191 e. The molecule has 0 aromatic heterocycles. The van der Waals surface area contributed by atoms with Crippen molar-refractivity contribution in [2.24, 2.45) is 4.99 Å². The first-order valence-corrected chi connectivity index (χ1v) is 10.3. The predicted octanol–water partition coefficient (Wildman–Crippen LogP) is 1.95. The summed E-state index contributed by atoms with van der Waals surface area (Å²) >= 11 is 0. The highest BCUT2D eigenvalue weighted by Gasteiger charge is 2.28. The first-order chi connectivity index (χ1) is 12.0. The minimum atomic E-state index is -2.92. The normalized spacial score (nSPS) is 18.7. The molecule has 2 rings (SSSR count). The number of hydrogen-bond acceptors (Lipinski definition) is 5. The molecule has 1 heterocycles. The van der Waals surface area contributed by atoms with Crippen molar-refractivity contribution in [3.8, 4) is 11.5 Å². The number of guanidine groups is 1. The van der Waals surface area contributed by atoms with Gasteiger partial charge in [0.25, 0.3) is 0 Å². The van der Waals surface area contributed by atoms with Gasteiger partial charge in [0.2, 0.25) is 0 Å². The maximum absolute atomic E-state index is 11.6. The number of benzene rings is 1. The topological polar surface area (TPSA) is 89.0 Å². The van der Waals surface area contributed by atoms with Crippen LogP contribution < -0.4 is 20.1 Å². The van der Waals surface area contributed by atoms with Crippen molar-refractivity contribution < 1.29 is 17.9 Å². The Balaban J connectivity index is 0.00000338. The third kappa shape index (κ3) is 6.82. The molecule has 7 nitrogen and oxygen atoms in total. The summed E-state index contributed by atoms with van der Waals surface area (Å²) in [6.45, 7) is 5.62. The van der Waals surface area contributed by atoms with Gasteiger partial charge < -0.3 is 20.1 Å². The molecule has 1 saturated heterocycles. The summed E-state index contributed by atoms with van der Waals surface area (Å²) in [6.07, 6.45) is 0.615. The standard InChI is InChI=1S/C17H27N3O4S.HI/c1-4-18-17(20-14-8-9-25(21,22)12-14)19-11-13-6-7-15(23-3)16(10-13)24-5-2;/h6-7,10,14H,4-5,8-9,11-12H2,1-3H3,(H2,18,19,20);1H. The van der Waals surface area contributed by atoms with Gasteiger partial charge in [-0.25, -0.2) is 13.4 Å². The van der Waals surface area contributed by atoms with E-state index < -0.39 is 9.84 Å². The van der Waals surface area contributed by atoms with Crippen LogP contribution in [0.25, 0.3) is 0 Å². The van der Waals surface area contributed by atoms with Gasteiger partial charge in [0, 0.05) is 12.6 Å². The summed E-state index contributed by atoms with van der Waals surface area (Å²) in [5.41, 5.74) is 0.987. The van der Waals surface area contributed by atoms with Gasteiger partial charge in [-0.05, 0) is 38.0 Å². The Kier molecular flexibility index (Phi) is 9.48. The molecule has 1 aromatic rings. The minimum Gasteiger partial charge on any atom is -0.493 e. The Morgan fingerprint density at radius 2 is 2.08 bits per heavy atom. The highest BCUT2D eigenvalue weighted by molar-refractivity contribution is 14.0. The molecule has 0 spiro atoms. The fourth-order valence-electron chi connectivity index (χ4n) is 2.68. The molecule has 1 aliphatic rings. The molecule has 148 valence electrons. The van der Waals surface area contributed by atoms with Crippen LogP contribution in [-0.4, -0.2) is 52.2 Å². The molecule has 0 saturated carbocycles. The molecule has 1 atom stereocenters. The van der Waals surface area contributed by atoms with E-state index in [0.717, 1.165) is 5.56 Å². The Hall–Kier alpha value is -1.23. The summed E-state index contributed by atoms with van der Waals surface area (Å²) < 4.78 is 34.1. The second kappa shape index (κ2) is 10.8. The van der Waals surface area contributed by atoms with Crippen LogP contribution in [0.3, 0.4) is 0 Å². The van der Waals surface area contributed by atoms with E-state index in [0.29, 0.717) is 43.6 Å². The van der Waals surface area contributed by atoms with E-state index in [1.807, 2.05) is 32.0 Å². The lowest BCUT2D eigenvalue weighted by atomic mass is 10.2. The van der Waals surface area contributed by atoms with Crippen LogP contribution in [0, 0.1) is 0 Å². The van der Waals surface area contributed by atoms with Crippen LogP contribution in [0.1, 0.15) is 25.8 Å². The third-order valence-corrected chi connectivity index (χ3v) is 5.63. The molecule has 2 N–H and O–H groups in total. The maximum atomic E-state index is 11.6. The van der Waals surface area contributed by atoms with Crippen molar-refractivity contribution in [2.45, 2.75) is 32.9 Å². The average molecular weight is 497 g/mol. The average Bonchev–Trinajstić information content (AvgIpc) is 2.92. The van der Waals surface area contributed by atoms with Gasteiger partial charge in [0.1, 0.15) is 0 Å². The highest BCUT2D eigenvalue weighted by Crippen LogP contribution is 2.28. The van der Waals surface area contributed by atoms with E-state index in [2.05, 4.69) is 15.6 Å². The first-order valence-electron chi connectivity index (χ1n) is 8.52. The highest BCUT2D eigenvalue weighted by atomic mass is 127. The fourth-order valence-corrected chi connectivity index (χ4v) is 4.35. The van der Waals surface area contributed by atoms with Gasteiger partial charge in [0.15, 0.2) is 27.3 Å². The number of sulfone groups is 1. The van der Waals surface area contributed by atoms with Gasteiger partial charge in [-0.1, -0.05) is 6.07 Å².